The van der Waals surface area contributed by atoms with E-state index in [0.29, 0.717) is 0 Å². The summed E-state index contributed by atoms with van der Waals surface area (Å²) in [6, 6.07) is 96.8. The number of aromatic nitrogens is 4. The Morgan fingerprint density at radius 3 is 0.902 bits per heavy atom. The van der Waals surface area contributed by atoms with E-state index < -0.39 is 0 Å². The number of rotatable bonds is 21. The van der Waals surface area contributed by atoms with Gasteiger partial charge >= 0.3 is 0 Å². The van der Waals surface area contributed by atoms with Crippen LogP contribution in [0, 0.1) is 0 Å². The number of fused-ring (bicyclic) bond motifs is 16. The summed E-state index contributed by atoms with van der Waals surface area (Å²) in [7, 11) is 0. The summed E-state index contributed by atoms with van der Waals surface area (Å²) >= 11 is 0. The smallest absolute Gasteiger partial charge is 0.145 e. The lowest BCUT2D eigenvalue weighted by molar-refractivity contribution is 0.697. The maximum atomic E-state index is 5.79. The first kappa shape index (κ1) is 63.3. The molecule has 0 fully saturated rings. The fourth-order valence-corrected chi connectivity index (χ4v) is 17.7. The van der Waals surface area contributed by atoms with E-state index in [1.165, 1.54) is 214 Å². The number of hydrogen-bond donors (Lipinski definition) is 0. The molecule has 0 radical (unpaired) electrons. The van der Waals surface area contributed by atoms with Crippen LogP contribution < -0.4 is 0 Å². The zero-order chi connectivity index (χ0) is 68.4. The van der Waals surface area contributed by atoms with Gasteiger partial charge in [0.1, 0.15) is 11.3 Å². The van der Waals surface area contributed by atoms with Crippen LogP contribution in [0.2, 0.25) is 0 Å². The molecule has 0 atom stereocenters. The molecule has 18 rings (SSSR count). The van der Waals surface area contributed by atoms with E-state index in [-0.39, 0.29) is 0 Å². The van der Waals surface area contributed by atoms with Gasteiger partial charge in [-0.3, -0.25) is 8.80 Å². The number of nitrogens with zero attached hydrogens (tertiary/aromatic N) is 4. The van der Waals surface area contributed by atoms with Crippen molar-refractivity contribution in [3.8, 4) is 55.6 Å². The van der Waals surface area contributed by atoms with Crippen molar-refractivity contribution < 1.29 is 0 Å². The average molecular weight is 1320 g/mol. The fraction of sp³-hybridized carbons (Fsp3) is 0.204. The number of benzene rings is 12. The molecule has 4 heteroatoms. The Balaban J connectivity index is 0.845. The van der Waals surface area contributed by atoms with Crippen LogP contribution in [0.3, 0.4) is 0 Å². The molecule has 0 aliphatic heterocycles. The lowest BCUT2D eigenvalue weighted by atomic mass is 9.87. The number of hydrogen-bond acceptors (Lipinski definition) is 2. The highest BCUT2D eigenvalue weighted by Gasteiger charge is 2.29. The number of pyridine rings is 4. The predicted molar refractivity (Wildman–Crippen MR) is 439 cm³/mol. The van der Waals surface area contributed by atoms with Crippen LogP contribution in [0.1, 0.15) is 127 Å². The van der Waals surface area contributed by atoms with Gasteiger partial charge in [0.25, 0.3) is 0 Å². The second-order valence-corrected chi connectivity index (χ2v) is 29.0. The van der Waals surface area contributed by atoms with Gasteiger partial charge in [-0.1, -0.05) is 273 Å². The molecule has 4 nitrogen and oxygen atoms in total. The van der Waals surface area contributed by atoms with Crippen molar-refractivity contribution in [2.75, 3.05) is 0 Å². The molecule has 0 aliphatic carbocycles. The third-order valence-electron chi connectivity index (χ3n) is 22.6. The van der Waals surface area contributed by atoms with Crippen LogP contribution in [0.25, 0.3) is 175 Å². The third-order valence-corrected chi connectivity index (χ3v) is 22.6. The largest absolute Gasteiger partial charge is 0.293 e. The van der Waals surface area contributed by atoms with E-state index in [0.717, 1.165) is 86.5 Å². The quantitative estimate of drug-likeness (QED) is 0.0531. The van der Waals surface area contributed by atoms with E-state index in [1.807, 2.05) is 0 Å². The van der Waals surface area contributed by atoms with Gasteiger partial charge in [-0.2, -0.15) is 0 Å². The minimum atomic E-state index is 1.01. The highest BCUT2D eigenvalue weighted by atomic mass is 15.0. The van der Waals surface area contributed by atoms with E-state index >= 15 is 0 Å². The Morgan fingerprint density at radius 2 is 0.549 bits per heavy atom. The molecule has 0 unspecified atom stereocenters. The molecule has 0 bridgehead atoms. The Hall–Kier alpha value is -10.9. The van der Waals surface area contributed by atoms with Gasteiger partial charge in [-0.25, -0.2) is 9.97 Å². The summed E-state index contributed by atoms with van der Waals surface area (Å²) in [4.78, 5) is 11.6. The normalized spacial score (nSPS) is 12.2. The minimum Gasteiger partial charge on any atom is -0.293 e. The molecule has 0 saturated heterocycles. The highest BCUT2D eigenvalue weighted by molar-refractivity contribution is 6.24. The topological polar surface area (TPSA) is 34.6 Å². The molecule has 0 saturated carbocycles. The van der Waals surface area contributed by atoms with Crippen molar-refractivity contribution in [1.29, 1.82) is 0 Å². The summed E-state index contributed by atoms with van der Waals surface area (Å²) in [6.07, 6.45) is 18.0. The van der Waals surface area contributed by atoms with Crippen LogP contribution in [-0.2, 0) is 25.7 Å². The van der Waals surface area contributed by atoms with E-state index in [2.05, 4.69) is 291 Å². The van der Waals surface area contributed by atoms with Crippen LogP contribution in [0.4, 0.5) is 0 Å². The summed E-state index contributed by atoms with van der Waals surface area (Å²) in [5.74, 6) is 0. The molecule has 6 aromatic heterocycles. The van der Waals surface area contributed by atoms with Crippen LogP contribution in [0.15, 0.2) is 255 Å². The number of aryl methyl sites for hydroxylation is 4. The molecule has 18 aromatic rings. The Bertz CT molecular complexity index is 5840. The monoisotopic (exact) mass is 1320 g/mol. The lowest BCUT2D eigenvalue weighted by Crippen LogP contribution is -2.05. The lowest BCUT2D eigenvalue weighted by Gasteiger charge is -2.20. The van der Waals surface area contributed by atoms with Crippen molar-refractivity contribution in [2.45, 2.75) is 130 Å². The van der Waals surface area contributed by atoms with Gasteiger partial charge < -0.3 is 0 Å². The van der Waals surface area contributed by atoms with Crippen molar-refractivity contribution in [3.05, 3.63) is 277 Å². The highest BCUT2D eigenvalue weighted by Crippen LogP contribution is 2.51. The Kier molecular flexibility index (Phi) is 16.7. The second kappa shape index (κ2) is 26.9. The molecule has 102 heavy (non-hydrogen) atoms. The minimum absolute atomic E-state index is 1.01. The SMILES string of the molecule is CCCCCc1c(CCCCC)c2c(-c3c4ccccc4cc4ccccc34)c3ccc(-c4cccc(-c5cccc(-c6ccc7c(-c8c9ccccc9cc9ccccc89)c8c(CCCCC)c(CCCCC)c9cc%10ccccc%10nc9n8c7c6)c5)c4)cc3n2c2nc3ccccc3cc12. The van der Waals surface area contributed by atoms with Crippen LogP contribution in [0.5, 0.6) is 0 Å². The molecule has 0 amide bonds. The van der Waals surface area contributed by atoms with E-state index in [9.17, 15) is 0 Å². The van der Waals surface area contributed by atoms with Gasteiger partial charge in [0.15, 0.2) is 0 Å². The van der Waals surface area contributed by atoms with Crippen LogP contribution in [-0.4, -0.2) is 18.8 Å². The fourth-order valence-electron chi connectivity index (χ4n) is 17.7. The predicted octanol–water partition coefficient (Wildman–Crippen LogP) is 27.8. The van der Waals surface area contributed by atoms with Crippen molar-refractivity contribution >= 4 is 120 Å². The zero-order valence-electron chi connectivity index (χ0n) is 59.4. The first-order valence-corrected chi connectivity index (χ1v) is 38.1. The molecular weight excluding hydrogens is 1230 g/mol. The average Bonchev–Trinajstić information content (AvgIpc) is 1.51. The molecular formula is C98H86N4. The molecule has 0 spiro atoms. The number of para-hydroxylation sites is 2. The van der Waals surface area contributed by atoms with Gasteiger partial charge in [0, 0.05) is 54.6 Å². The van der Waals surface area contributed by atoms with Crippen LogP contribution >= 0.6 is 0 Å². The van der Waals surface area contributed by atoms with Gasteiger partial charge in [0.05, 0.1) is 33.1 Å². The molecule has 498 valence electrons. The summed E-state index contributed by atoms with van der Waals surface area (Å²) < 4.78 is 5.23. The van der Waals surface area contributed by atoms with Crippen molar-refractivity contribution in [2.24, 2.45) is 0 Å². The second-order valence-electron chi connectivity index (χ2n) is 29.0. The molecule has 12 aromatic carbocycles. The Labute approximate surface area is 598 Å². The van der Waals surface area contributed by atoms with Gasteiger partial charge in [-0.05, 0) is 211 Å². The summed E-state index contributed by atoms with van der Waals surface area (Å²) in [5, 5.41) is 17.6. The van der Waals surface area contributed by atoms with E-state index in [4.69, 9.17) is 9.97 Å². The summed E-state index contributed by atoms with van der Waals surface area (Å²) in [5.41, 5.74) is 27.4. The van der Waals surface area contributed by atoms with Gasteiger partial charge in [-0.15, -0.1) is 0 Å². The van der Waals surface area contributed by atoms with Crippen molar-refractivity contribution in [1.82, 2.24) is 18.8 Å². The van der Waals surface area contributed by atoms with Gasteiger partial charge in [0.2, 0.25) is 0 Å². The molecule has 0 aliphatic rings. The standard InChI is InChI=1S/C98H86N4/c1-5-9-13-45-79-81(47-15-11-7-3)95-93(91-75-41-23-17-31-69(75)57-70-32-18-24-42-76(70)91)83-53-51-67(61-89(83)101(95)97-85(79)59-73-35-21-27-49-87(73)99-97)65-39-29-37-63(55-65)64-38-30-40-66(56-64)68-52-54-84-90(62-68)102-96(94(84)92-77-43-25-19-33-71(77)58-72-34-20-26-44-78(72)92)82(48-16-12-8-4)80(46-14-10-6-2)86-60-74-36-22-28-50-88(74)100-98(86)102/h17-44,49-62H,5-16,45-48H2,1-4H3. The number of unbranched alkanes of at least 4 members (excludes halogenated alkanes) is 8. The molecule has 0 N–H and O–H groups in total. The third kappa shape index (κ3) is 10.8. The van der Waals surface area contributed by atoms with E-state index in [1.54, 1.807) is 0 Å². The summed E-state index contributed by atoms with van der Waals surface area (Å²) in [6.45, 7) is 9.33. The zero-order valence-corrected chi connectivity index (χ0v) is 59.4. The Morgan fingerprint density at radius 1 is 0.235 bits per heavy atom. The maximum absolute atomic E-state index is 5.79. The first-order chi connectivity index (χ1) is 50.5. The first-order valence-electron chi connectivity index (χ1n) is 38.1. The molecule has 6 heterocycles. The maximum Gasteiger partial charge on any atom is 0.145 e. The van der Waals surface area contributed by atoms with Crippen molar-refractivity contribution in [3.63, 3.8) is 0 Å².